The number of hydrogen-bond donors (Lipinski definition) is 5. The highest BCUT2D eigenvalue weighted by Gasteiger charge is 2.46. The molecule has 0 radical (unpaired) electrons. The molecule has 1 spiro atoms. The summed E-state index contributed by atoms with van der Waals surface area (Å²) in [6, 6.07) is 38.2. The number of hydrogen-bond acceptors (Lipinski definition) is 10. The number of rotatable bonds is 10. The fourth-order valence-corrected chi connectivity index (χ4v) is 11.5. The Morgan fingerprint density at radius 2 is 1.69 bits per heavy atom. The first-order valence-corrected chi connectivity index (χ1v) is 25.9. The molecule has 11 heteroatoms. The fraction of sp³-hybridized carbons (Fsp3) is 0.361. The normalized spacial score (nSPS) is 18.5. The standard InChI is InChI=1S/C61H67N3O8/c1-3-47-35-51-45-14-10-13-41(34-45)18-26-50-56-55(52(68)36-53(72-56)44-19-24-48(66)25-20-44)58(70-32-27-49(67)23-17-40-11-6-4-7-12-40)59(69-2)57(50)71-39-43(38-65)33-42-15-21-46(22-16-42)61(28-8-5-9-29-61)54-37-62-30-31-64(54)60(51)63-47/h4,6-7,10-17,19-25,34-36,43,49,54,62-63,65-67H,3,5,8-9,18,26-33,37-39H2,1-2H3. The molecule has 4 aliphatic rings. The summed E-state index contributed by atoms with van der Waals surface area (Å²) in [5.74, 6) is 2.02. The molecule has 2 aromatic heterocycles. The first kappa shape index (κ1) is 48.8. The Morgan fingerprint density at radius 1 is 0.889 bits per heavy atom. The number of aromatic amines is 1. The molecule has 4 bridgehead atoms. The van der Waals surface area contributed by atoms with E-state index < -0.39 is 6.10 Å². The highest BCUT2D eigenvalue weighted by molar-refractivity contribution is 5.93. The molecule has 5 heterocycles. The van der Waals surface area contributed by atoms with Gasteiger partial charge in [0.2, 0.25) is 5.75 Å². The second kappa shape index (κ2) is 21.9. The van der Waals surface area contributed by atoms with Crippen molar-refractivity contribution >= 4 is 22.9 Å². The van der Waals surface area contributed by atoms with Gasteiger partial charge in [0.15, 0.2) is 16.9 Å². The Labute approximate surface area is 422 Å². The van der Waals surface area contributed by atoms with Crippen molar-refractivity contribution < 1.29 is 33.9 Å². The monoisotopic (exact) mass is 969 g/mol. The fourth-order valence-electron chi connectivity index (χ4n) is 11.5. The van der Waals surface area contributed by atoms with Crippen LogP contribution in [-0.4, -0.2) is 79.0 Å². The highest BCUT2D eigenvalue weighted by atomic mass is 16.5. The number of aromatic hydroxyl groups is 1. The zero-order valence-electron chi connectivity index (χ0n) is 41.5. The summed E-state index contributed by atoms with van der Waals surface area (Å²) in [5.41, 5.74) is 9.17. The Bertz CT molecular complexity index is 3050. The summed E-state index contributed by atoms with van der Waals surface area (Å²) >= 11 is 0. The second-order valence-electron chi connectivity index (χ2n) is 19.9. The van der Waals surface area contributed by atoms with Gasteiger partial charge in [-0.25, -0.2) is 0 Å². The number of H-pyrrole nitrogens is 1. The van der Waals surface area contributed by atoms with E-state index in [2.05, 4.69) is 76.7 Å². The molecule has 3 unspecified atom stereocenters. The predicted octanol–water partition coefficient (Wildman–Crippen LogP) is 10.6. The van der Waals surface area contributed by atoms with E-state index in [1.165, 1.54) is 55.1 Å². The van der Waals surface area contributed by atoms with Crippen LogP contribution in [0.2, 0.25) is 0 Å². The average molecular weight is 970 g/mol. The summed E-state index contributed by atoms with van der Waals surface area (Å²) in [5, 5.41) is 36.3. The number of fused-ring (bicyclic) bond motifs is 7. The highest BCUT2D eigenvalue weighted by Crippen LogP contribution is 2.49. The van der Waals surface area contributed by atoms with Gasteiger partial charge in [-0.1, -0.05) is 117 Å². The lowest BCUT2D eigenvalue weighted by molar-refractivity contribution is 0.156. The zero-order valence-corrected chi connectivity index (χ0v) is 41.5. The van der Waals surface area contributed by atoms with Crippen molar-refractivity contribution in [3.63, 3.8) is 0 Å². The van der Waals surface area contributed by atoms with Crippen molar-refractivity contribution in [2.45, 2.75) is 88.7 Å². The Hall–Kier alpha value is -6.79. The van der Waals surface area contributed by atoms with E-state index in [0.717, 1.165) is 61.2 Å². The number of aryl methyl sites for hydroxylation is 3. The second-order valence-corrected chi connectivity index (χ2v) is 19.9. The molecule has 0 amide bonds. The molecule has 2 fully saturated rings. The van der Waals surface area contributed by atoms with Crippen LogP contribution in [-0.2, 0) is 31.1 Å². The first-order valence-electron chi connectivity index (χ1n) is 25.9. The van der Waals surface area contributed by atoms with Crippen molar-refractivity contribution in [2.75, 3.05) is 51.5 Å². The molecule has 3 atom stereocenters. The number of aromatic nitrogens is 1. The van der Waals surface area contributed by atoms with Gasteiger partial charge in [0.05, 0.1) is 32.5 Å². The molecule has 72 heavy (non-hydrogen) atoms. The van der Waals surface area contributed by atoms with E-state index in [9.17, 15) is 20.1 Å². The molecule has 11 nitrogen and oxygen atoms in total. The Kier molecular flexibility index (Phi) is 14.9. The maximum atomic E-state index is 14.7. The lowest BCUT2D eigenvalue weighted by atomic mass is 9.64. The third kappa shape index (κ3) is 10.2. The Balaban J connectivity index is 1.11. The van der Waals surface area contributed by atoms with Crippen LogP contribution < -0.4 is 29.9 Å². The quantitative estimate of drug-likeness (QED) is 0.0897. The maximum absolute atomic E-state index is 14.7. The van der Waals surface area contributed by atoms with E-state index in [4.69, 9.17) is 18.6 Å². The predicted molar refractivity (Wildman–Crippen MR) is 286 cm³/mol. The number of nitrogens with one attached hydrogen (secondary N) is 2. The molecule has 1 saturated carbocycles. The maximum Gasteiger partial charge on any atom is 0.204 e. The van der Waals surface area contributed by atoms with Crippen LogP contribution in [0.15, 0.2) is 131 Å². The van der Waals surface area contributed by atoms with E-state index in [1.54, 1.807) is 30.3 Å². The summed E-state index contributed by atoms with van der Waals surface area (Å²) in [7, 11) is 1.54. The molecule has 11 rings (SSSR count). The van der Waals surface area contributed by atoms with Crippen LogP contribution >= 0.6 is 0 Å². The molecule has 5 N–H and O–H groups in total. The largest absolute Gasteiger partial charge is 0.508 e. The van der Waals surface area contributed by atoms with Crippen LogP contribution in [0.4, 0.5) is 5.82 Å². The SMILES string of the molecule is CCc1cc2c([nH]1)N1CCNCC1C1(CCCCC1)c1ccc(cc1)CC(CO)COc1c(OC)c(OCCC(O)C=Cc3ccccc3)c3c(=O)cc(-c4ccc(O)cc4)oc3c1CCc1cccc-2c1. The van der Waals surface area contributed by atoms with E-state index >= 15 is 0 Å². The topological polar surface area (TPSA) is 150 Å². The van der Waals surface area contributed by atoms with Gasteiger partial charge in [-0.15, -0.1) is 0 Å². The average Bonchev–Trinajstić information content (AvgIpc) is 3.86. The van der Waals surface area contributed by atoms with Crippen molar-refractivity contribution in [1.29, 1.82) is 0 Å². The number of anilines is 1. The molecule has 7 aromatic rings. The minimum absolute atomic E-state index is 0.0436. The van der Waals surface area contributed by atoms with Gasteiger partial charge in [-0.3, -0.25) is 4.79 Å². The summed E-state index contributed by atoms with van der Waals surface area (Å²) in [6.45, 7) is 4.95. The molecular formula is C61H67N3O8. The van der Waals surface area contributed by atoms with Crippen LogP contribution in [0.25, 0.3) is 39.5 Å². The number of ether oxygens (including phenoxy) is 3. The number of aliphatic hydroxyl groups is 2. The minimum atomic E-state index is -0.832. The first-order chi connectivity index (χ1) is 35.2. The Morgan fingerprint density at radius 3 is 2.46 bits per heavy atom. The molecule has 5 aromatic carbocycles. The zero-order chi connectivity index (χ0) is 49.6. The summed E-state index contributed by atoms with van der Waals surface area (Å²) in [4.78, 5) is 21.3. The van der Waals surface area contributed by atoms with Gasteiger partial charge >= 0.3 is 0 Å². The van der Waals surface area contributed by atoms with Crippen LogP contribution in [0.3, 0.4) is 0 Å². The van der Waals surface area contributed by atoms with Crippen molar-refractivity contribution in [3.05, 3.63) is 165 Å². The number of phenolic OH excluding ortho intramolecular Hbond substituents is 1. The number of phenols is 1. The van der Waals surface area contributed by atoms with Gasteiger partial charge in [0, 0.05) is 72.4 Å². The lowest BCUT2D eigenvalue weighted by Crippen LogP contribution is -2.61. The summed E-state index contributed by atoms with van der Waals surface area (Å²) in [6.07, 6.45) is 11.3. The summed E-state index contributed by atoms with van der Waals surface area (Å²) < 4.78 is 26.5. The number of aliphatic hydroxyl groups excluding tert-OH is 2. The molecule has 3 aliphatic heterocycles. The van der Waals surface area contributed by atoms with Crippen molar-refractivity contribution in [2.24, 2.45) is 5.92 Å². The molecule has 1 saturated heterocycles. The lowest BCUT2D eigenvalue weighted by Gasteiger charge is -2.51. The third-order valence-corrected chi connectivity index (χ3v) is 15.3. The van der Waals surface area contributed by atoms with Crippen molar-refractivity contribution in [3.8, 4) is 45.4 Å². The molecule has 374 valence electrons. The van der Waals surface area contributed by atoms with Crippen LogP contribution in [0, 0.1) is 5.92 Å². The van der Waals surface area contributed by atoms with E-state index in [1.807, 2.05) is 36.4 Å². The molecular weight excluding hydrogens is 903 g/mol. The van der Waals surface area contributed by atoms with E-state index in [0.29, 0.717) is 41.9 Å². The van der Waals surface area contributed by atoms with Gasteiger partial charge in [0.1, 0.15) is 28.3 Å². The van der Waals surface area contributed by atoms with Crippen LogP contribution in [0.5, 0.6) is 23.0 Å². The number of methoxy groups -OCH3 is 1. The number of nitrogens with zero attached hydrogens (tertiary/aromatic N) is 1. The van der Waals surface area contributed by atoms with Gasteiger partial charge in [-0.2, -0.15) is 0 Å². The van der Waals surface area contributed by atoms with Gasteiger partial charge < -0.3 is 49.1 Å². The van der Waals surface area contributed by atoms with Crippen LogP contribution in [0.1, 0.15) is 79.0 Å². The number of piperazine rings is 1. The van der Waals surface area contributed by atoms with Crippen molar-refractivity contribution in [1.82, 2.24) is 10.3 Å². The van der Waals surface area contributed by atoms with Gasteiger partial charge in [-0.05, 0) is 96.7 Å². The van der Waals surface area contributed by atoms with Gasteiger partial charge in [0.25, 0.3) is 0 Å². The minimum Gasteiger partial charge on any atom is -0.508 e. The van der Waals surface area contributed by atoms with E-state index in [-0.39, 0.29) is 77.3 Å². The smallest absolute Gasteiger partial charge is 0.204 e. The number of benzene rings is 5. The third-order valence-electron chi connectivity index (χ3n) is 15.3. The molecule has 1 aliphatic carbocycles.